The molecule has 0 heterocycles. The molecule has 0 saturated carbocycles. The van der Waals surface area contributed by atoms with Crippen LogP contribution in [0.25, 0.3) is 0 Å². The number of aliphatic hydroxyl groups is 2. The molecular formula is C12H16O4S. The number of methoxy groups -OCH3 is 1. The van der Waals surface area contributed by atoms with Crippen LogP contribution in [0.2, 0.25) is 0 Å². The second-order valence-corrected chi connectivity index (χ2v) is 4.53. The SMILES string of the molecule is COc1ccc(C(=O)CSCC(O)CO)cc1. The van der Waals surface area contributed by atoms with Gasteiger partial charge in [-0.05, 0) is 24.3 Å². The maximum atomic E-state index is 11.7. The largest absolute Gasteiger partial charge is 0.497 e. The third kappa shape index (κ3) is 4.77. The molecular weight excluding hydrogens is 240 g/mol. The van der Waals surface area contributed by atoms with Crippen molar-refractivity contribution in [1.29, 1.82) is 0 Å². The fraction of sp³-hybridized carbons (Fsp3) is 0.417. The summed E-state index contributed by atoms with van der Waals surface area (Å²) in [6, 6.07) is 6.90. The van der Waals surface area contributed by atoms with E-state index in [1.165, 1.54) is 11.8 Å². The van der Waals surface area contributed by atoms with E-state index in [1.807, 2.05) is 0 Å². The average molecular weight is 256 g/mol. The van der Waals surface area contributed by atoms with Crippen LogP contribution in [0.3, 0.4) is 0 Å². The molecule has 0 spiro atoms. The molecule has 1 unspecified atom stereocenters. The van der Waals surface area contributed by atoms with Crippen LogP contribution in [-0.4, -0.2) is 47.3 Å². The molecule has 0 aliphatic heterocycles. The van der Waals surface area contributed by atoms with Crippen molar-refractivity contribution < 1.29 is 19.7 Å². The highest BCUT2D eigenvalue weighted by Gasteiger charge is 2.08. The molecule has 0 amide bonds. The monoisotopic (exact) mass is 256 g/mol. The number of aliphatic hydroxyl groups excluding tert-OH is 2. The van der Waals surface area contributed by atoms with Crippen LogP contribution in [0.5, 0.6) is 5.75 Å². The van der Waals surface area contributed by atoms with Gasteiger partial charge in [0.05, 0.1) is 25.6 Å². The Hall–Kier alpha value is -1.04. The predicted molar refractivity (Wildman–Crippen MR) is 67.7 cm³/mol. The summed E-state index contributed by atoms with van der Waals surface area (Å²) >= 11 is 1.31. The molecule has 0 bridgehead atoms. The molecule has 4 nitrogen and oxygen atoms in total. The van der Waals surface area contributed by atoms with Gasteiger partial charge in [-0.2, -0.15) is 11.8 Å². The maximum absolute atomic E-state index is 11.7. The predicted octanol–water partition coefficient (Wildman–Crippen LogP) is 0.964. The smallest absolute Gasteiger partial charge is 0.172 e. The number of rotatable bonds is 7. The lowest BCUT2D eigenvalue weighted by molar-refractivity contribution is 0.102. The van der Waals surface area contributed by atoms with Crippen molar-refractivity contribution in [2.75, 3.05) is 25.2 Å². The summed E-state index contributed by atoms with van der Waals surface area (Å²) in [6.07, 6.45) is -0.760. The molecule has 0 radical (unpaired) electrons. The fourth-order valence-corrected chi connectivity index (χ4v) is 2.05. The summed E-state index contributed by atoms with van der Waals surface area (Å²) in [6.45, 7) is -0.274. The second-order valence-electron chi connectivity index (χ2n) is 3.50. The van der Waals surface area contributed by atoms with Gasteiger partial charge >= 0.3 is 0 Å². The third-order valence-electron chi connectivity index (χ3n) is 2.17. The first-order valence-electron chi connectivity index (χ1n) is 5.21. The lowest BCUT2D eigenvalue weighted by atomic mass is 10.1. The van der Waals surface area contributed by atoms with Gasteiger partial charge in [-0.1, -0.05) is 0 Å². The lowest BCUT2D eigenvalue weighted by Crippen LogP contribution is -2.16. The minimum absolute atomic E-state index is 0.00259. The summed E-state index contributed by atoms with van der Waals surface area (Å²) in [5.74, 6) is 1.37. The molecule has 2 N–H and O–H groups in total. The minimum Gasteiger partial charge on any atom is -0.497 e. The van der Waals surface area contributed by atoms with Gasteiger partial charge < -0.3 is 14.9 Å². The Morgan fingerprint density at radius 1 is 1.41 bits per heavy atom. The number of thioether (sulfide) groups is 1. The first-order valence-corrected chi connectivity index (χ1v) is 6.36. The highest BCUT2D eigenvalue weighted by Crippen LogP contribution is 2.14. The van der Waals surface area contributed by atoms with Crippen LogP contribution in [0.15, 0.2) is 24.3 Å². The highest BCUT2D eigenvalue weighted by molar-refractivity contribution is 8.00. The number of hydrogen-bond donors (Lipinski definition) is 2. The van der Waals surface area contributed by atoms with E-state index in [-0.39, 0.29) is 12.4 Å². The van der Waals surface area contributed by atoms with Crippen molar-refractivity contribution in [3.8, 4) is 5.75 Å². The Kier molecular flexibility index (Phi) is 6.04. The molecule has 1 atom stereocenters. The van der Waals surface area contributed by atoms with E-state index in [1.54, 1.807) is 31.4 Å². The van der Waals surface area contributed by atoms with Crippen LogP contribution in [0.1, 0.15) is 10.4 Å². The van der Waals surface area contributed by atoms with E-state index in [4.69, 9.17) is 14.9 Å². The molecule has 94 valence electrons. The third-order valence-corrected chi connectivity index (χ3v) is 3.25. The molecule has 5 heteroatoms. The summed E-state index contributed by atoms with van der Waals surface area (Å²) in [4.78, 5) is 11.7. The summed E-state index contributed by atoms with van der Waals surface area (Å²) < 4.78 is 5.00. The highest BCUT2D eigenvalue weighted by atomic mass is 32.2. The quantitative estimate of drug-likeness (QED) is 0.711. The molecule has 0 aliphatic rings. The molecule has 0 aromatic heterocycles. The van der Waals surface area contributed by atoms with Gasteiger partial charge in [0, 0.05) is 11.3 Å². The topological polar surface area (TPSA) is 66.8 Å². The Labute approximate surface area is 105 Å². The van der Waals surface area contributed by atoms with Gasteiger partial charge in [0.15, 0.2) is 5.78 Å². The van der Waals surface area contributed by atoms with Gasteiger partial charge in [0.25, 0.3) is 0 Å². The first-order chi connectivity index (χ1) is 8.17. The standard InChI is InChI=1S/C12H16O4S/c1-16-11-4-2-9(3-5-11)12(15)8-17-7-10(14)6-13/h2-5,10,13-14H,6-8H2,1H3. The normalized spacial score (nSPS) is 12.2. The van der Waals surface area contributed by atoms with Crippen LogP contribution in [0.4, 0.5) is 0 Å². The molecule has 0 fully saturated rings. The Morgan fingerprint density at radius 3 is 2.59 bits per heavy atom. The van der Waals surface area contributed by atoms with E-state index in [0.29, 0.717) is 22.8 Å². The Bertz CT molecular complexity index is 350. The maximum Gasteiger partial charge on any atom is 0.172 e. The molecule has 1 rings (SSSR count). The van der Waals surface area contributed by atoms with E-state index in [0.717, 1.165) is 0 Å². The number of carbonyl (C=O) groups is 1. The van der Waals surface area contributed by atoms with Crippen molar-refractivity contribution in [2.24, 2.45) is 0 Å². The van der Waals surface area contributed by atoms with Crippen LogP contribution in [0, 0.1) is 0 Å². The van der Waals surface area contributed by atoms with Crippen LogP contribution in [-0.2, 0) is 0 Å². The van der Waals surface area contributed by atoms with Gasteiger partial charge in [-0.25, -0.2) is 0 Å². The number of carbonyl (C=O) groups excluding carboxylic acids is 1. The second kappa shape index (κ2) is 7.32. The minimum atomic E-state index is -0.760. The molecule has 17 heavy (non-hydrogen) atoms. The lowest BCUT2D eigenvalue weighted by Gasteiger charge is -2.06. The van der Waals surface area contributed by atoms with Crippen LogP contribution >= 0.6 is 11.8 Å². The zero-order valence-corrected chi connectivity index (χ0v) is 10.4. The number of ether oxygens (including phenoxy) is 1. The van der Waals surface area contributed by atoms with Gasteiger partial charge in [0.2, 0.25) is 0 Å². The molecule has 0 saturated heterocycles. The number of Topliss-reactive ketones (excluding diaryl/α,β-unsaturated/α-hetero) is 1. The summed E-state index contributed by atoms with van der Waals surface area (Å²) in [5.41, 5.74) is 0.622. The van der Waals surface area contributed by atoms with E-state index in [9.17, 15) is 4.79 Å². The fourth-order valence-electron chi connectivity index (χ4n) is 1.20. The Balaban J connectivity index is 2.41. The van der Waals surface area contributed by atoms with Crippen molar-refractivity contribution in [3.63, 3.8) is 0 Å². The molecule has 1 aromatic carbocycles. The van der Waals surface area contributed by atoms with E-state index in [2.05, 4.69) is 0 Å². The van der Waals surface area contributed by atoms with Crippen molar-refractivity contribution in [2.45, 2.75) is 6.10 Å². The van der Waals surface area contributed by atoms with Gasteiger partial charge in [-0.15, -0.1) is 0 Å². The van der Waals surface area contributed by atoms with Crippen molar-refractivity contribution in [3.05, 3.63) is 29.8 Å². The van der Waals surface area contributed by atoms with Crippen molar-refractivity contribution >= 4 is 17.5 Å². The molecule has 0 aliphatic carbocycles. The van der Waals surface area contributed by atoms with E-state index >= 15 is 0 Å². The zero-order chi connectivity index (χ0) is 12.7. The van der Waals surface area contributed by atoms with Crippen molar-refractivity contribution in [1.82, 2.24) is 0 Å². The number of ketones is 1. The zero-order valence-electron chi connectivity index (χ0n) is 9.63. The number of benzene rings is 1. The summed E-state index contributed by atoms with van der Waals surface area (Å²) in [7, 11) is 1.57. The summed E-state index contributed by atoms with van der Waals surface area (Å²) in [5, 5.41) is 17.7. The first kappa shape index (κ1) is 14.0. The van der Waals surface area contributed by atoms with E-state index < -0.39 is 6.10 Å². The molecule has 1 aromatic rings. The average Bonchev–Trinajstić information content (AvgIpc) is 2.38. The van der Waals surface area contributed by atoms with Gasteiger partial charge in [-0.3, -0.25) is 4.79 Å². The number of hydrogen-bond acceptors (Lipinski definition) is 5. The van der Waals surface area contributed by atoms with Crippen LogP contribution < -0.4 is 4.74 Å². The van der Waals surface area contributed by atoms with Gasteiger partial charge in [0.1, 0.15) is 5.75 Å². The Morgan fingerprint density at radius 2 is 2.06 bits per heavy atom.